The second kappa shape index (κ2) is 6.16. The molecule has 1 aliphatic carbocycles. The molecule has 0 bridgehead atoms. The van der Waals surface area contributed by atoms with Gasteiger partial charge in [-0.2, -0.15) is 13.2 Å². The smallest absolute Gasteiger partial charge is 0.312 e. The van der Waals surface area contributed by atoms with Gasteiger partial charge in [-0.1, -0.05) is 31.0 Å². The summed E-state index contributed by atoms with van der Waals surface area (Å²) in [7, 11) is 0. The first-order valence-corrected chi connectivity index (χ1v) is 8.11. The summed E-state index contributed by atoms with van der Waals surface area (Å²) in [6, 6.07) is 7.17. The first-order valence-electron chi connectivity index (χ1n) is 8.11. The maximum absolute atomic E-state index is 13.8. The molecule has 1 heterocycles. The molecular weight excluding hydrogens is 335 g/mol. The van der Waals surface area contributed by atoms with Gasteiger partial charge in [0.25, 0.3) is 11.8 Å². The number of nitrogens with one attached hydrogen (secondary N) is 1. The van der Waals surface area contributed by atoms with Gasteiger partial charge in [0.15, 0.2) is 0 Å². The normalized spacial score (nSPS) is 24.6. The molecule has 1 unspecified atom stereocenters. The number of amidine groups is 1. The second-order valence-corrected chi connectivity index (χ2v) is 6.30. The van der Waals surface area contributed by atoms with Crippen molar-refractivity contribution >= 4 is 17.6 Å². The number of hydrogen-bond acceptors (Lipinski definition) is 3. The Morgan fingerprint density at radius 3 is 2.40 bits per heavy atom. The van der Waals surface area contributed by atoms with Gasteiger partial charge >= 0.3 is 11.8 Å². The molecule has 2 aliphatic rings. The number of carbonyl (C=O) groups excluding carboxylic acids is 2. The summed E-state index contributed by atoms with van der Waals surface area (Å²) < 4.78 is 41.4. The maximum atomic E-state index is 13.8. The van der Waals surface area contributed by atoms with Crippen LogP contribution >= 0.6 is 0 Å². The van der Waals surface area contributed by atoms with Crippen LogP contribution in [0, 0.1) is 0 Å². The Bertz CT molecular complexity index is 712. The molecule has 134 valence electrons. The van der Waals surface area contributed by atoms with Crippen molar-refractivity contribution in [3.63, 3.8) is 0 Å². The summed E-state index contributed by atoms with van der Waals surface area (Å²) in [5.74, 6) is -2.23. The van der Waals surface area contributed by atoms with Crippen LogP contribution in [0.25, 0.3) is 0 Å². The Hall–Kier alpha value is -2.38. The van der Waals surface area contributed by atoms with Gasteiger partial charge in [0.2, 0.25) is 0 Å². The Morgan fingerprint density at radius 1 is 1.24 bits per heavy atom. The van der Waals surface area contributed by atoms with Crippen molar-refractivity contribution in [3.8, 4) is 0 Å². The van der Waals surface area contributed by atoms with Crippen molar-refractivity contribution in [2.24, 2.45) is 4.99 Å². The quantitative estimate of drug-likeness (QED) is 0.908. The molecule has 3 rings (SSSR count). The number of halogens is 3. The predicted octanol–water partition coefficient (Wildman–Crippen LogP) is 2.88. The minimum Gasteiger partial charge on any atom is -0.312 e. The summed E-state index contributed by atoms with van der Waals surface area (Å²) in [5, 5.41) is 1.84. The Balaban J connectivity index is 1.95. The van der Waals surface area contributed by atoms with Crippen LogP contribution in [0.4, 0.5) is 13.2 Å². The largest absolute Gasteiger partial charge is 0.442 e. The second-order valence-electron chi connectivity index (χ2n) is 6.30. The van der Waals surface area contributed by atoms with Gasteiger partial charge in [-0.3, -0.25) is 14.5 Å². The number of amides is 2. The summed E-state index contributed by atoms with van der Waals surface area (Å²) in [6.07, 6.45) is -2.05. The fourth-order valence-electron chi connectivity index (χ4n) is 3.42. The molecule has 1 N–H and O–H groups in total. The van der Waals surface area contributed by atoms with Crippen molar-refractivity contribution in [1.29, 1.82) is 0 Å². The zero-order valence-electron chi connectivity index (χ0n) is 13.6. The van der Waals surface area contributed by atoms with Crippen LogP contribution in [0.15, 0.2) is 35.3 Å². The zero-order valence-corrected chi connectivity index (χ0v) is 13.6. The van der Waals surface area contributed by atoms with E-state index in [1.165, 1.54) is 31.2 Å². The average Bonchev–Trinajstić information content (AvgIpc) is 3.15. The Morgan fingerprint density at radius 2 is 1.84 bits per heavy atom. The Kier molecular flexibility index (Phi) is 4.30. The van der Waals surface area contributed by atoms with E-state index >= 15 is 0 Å². The summed E-state index contributed by atoms with van der Waals surface area (Å²) >= 11 is 0. The monoisotopic (exact) mass is 353 g/mol. The molecule has 1 saturated carbocycles. The number of rotatable bonds is 3. The Labute approximate surface area is 142 Å². The van der Waals surface area contributed by atoms with Crippen molar-refractivity contribution in [3.05, 3.63) is 35.9 Å². The van der Waals surface area contributed by atoms with Gasteiger partial charge in [0.1, 0.15) is 5.84 Å². The molecule has 5 nitrogen and oxygen atoms in total. The van der Waals surface area contributed by atoms with E-state index in [4.69, 9.17) is 0 Å². The molecular formula is C17H18F3N3O2. The number of nitrogens with zero attached hydrogens (tertiary/aromatic N) is 2. The van der Waals surface area contributed by atoms with Gasteiger partial charge in [-0.15, -0.1) is 0 Å². The molecule has 25 heavy (non-hydrogen) atoms. The molecule has 1 atom stereocenters. The van der Waals surface area contributed by atoms with E-state index < -0.39 is 23.7 Å². The van der Waals surface area contributed by atoms with E-state index in [-0.39, 0.29) is 17.4 Å². The molecule has 0 saturated heterocycles. The van der Waals surface area contributed by atoms with Crippen LogP contribution in [-0.2, 0) is 4.79 Å². The van der Waals surface area contributed by atoms with E-state index in [0.29, 0.717) is 12.8 Å². The van der Waals surface area contributed by atoms with E-state index in [1.54, 1.807) is 6.07 Å². The van der Waals surface area contributed by atoms with Crippen LogP contribution in [0.5, 0.6) is 0 Å². The maximum Gasteiger partial charge on any atom is 0.442 e. The lowest BCUT2D eigenvalue weighted by atomic mass is 10.1. The van der Waals surface area contributed by atoms with Crippen molar-refractivity contribution in [1.82, 2.24) is 10.2 Å². The van der Waals surface area contributed by atoms with Gasteiger partial charge in [0, 0.05) is 11.6 Å². The highest BCUT2D eigenvalue weighted by atomic mass is 19.4. The lowest BCUT2D eigenvalue weighted by Crippen LogP contribution is -2.64. The first kappa shape index (κ1) is 17.4. The lowest BCUT2D eigenvalue weighted by Gasteiger charge is -2.31. The highest BCUT2D eigenvalue weighted by Gasteiger charge is 2.67. The topological polar surface area (TPSA) is 61.8 Å². The zero-order chi connectivity index (χ0) is 18.2. The SMILES string of the molecule is CC1=NC(NC(=O)c2ccccc2)(C(F)(F)F)C(=O)N1C1CCCC1. The van der Waals surface area contributed by atoms with Gasteiger partial charge in [-0.05, 0) is 31.9 Å². The van der Waals surface area contributed by atoms with Crippen LogP contribution in [0.2, 0.25) is 0 Å². The van der Waals surface area contributed by atoms with E-state index in [9.17, 15) is 22.8 Å². The van der Waals surface area contributed by atoms with Crippen LogP contribution in [0.3, 0.4) is 0 Å². The third kappa shape index (κ3) is 2.89. The molecule has 8 heteroatoms. The van der Waals surface area contributed by atoms with E-state index in [0.717, 1.165) is 17.7 Å². The van der Waals surface area contributed by atoms with Gasteiger partial charge in [-0.25, -0.2) is 4.99 Å². The molecule has 1 fully saturated rings. The fraction of sp³-hybridized carbons (Fsp3) is 0.471. The van der Waals surface area contributed by atoms with Gasteiger partial charge in [0.05, 0.1) is 0 Å². The number of aliphatic imine (C=N–C) groups is 1. The van der Waals surface area contributed by atoms with Crippen LogP contribution in [-0.4, -0.2) is 40.4 Å². The molecule has 1 aromatic carbocycles. The third-order valence-corrected chi connectivity index (χ3v) is 4.64. The average molecular weight is 353 g/mol. The number of hydrogen-bond donors (Lipinski definition) is 1. The lowest BCUT2D eigenvalue weighted by molar-refractivity contribution is -0.196. The number of alkyl halides is 3. The van der Waals surface area contributed by atoms with Crippen LogP contribution in [0.1, 0.15) is 43.0 Å². The summed E-state index contributed by atoms with van der Waals surface area (Å²) in [6.45, 7) is 1.37. The molecule has 0 radical (unpaired) electrons. The van der Waals surface area contributed by atoms with Gasteiger partial charge < -0.3 is 5.32 Å². The van der Waals surface area contributed by atoms with Crippen molar-refractivity contribution < 1.29 is 22.8 Å². The minimum absolute atomic E-state index is 0.0115. The molecule has 0 aromatic heterocycles. The predicted molar refractivity (Wildman–Crippen MR) is 84.9 cm³/mol. The van der Waals surface area contributed by atoms with Crippen molar-refractivity contribution in [2.45, 2.75) is 50.5 Å². The first-order chi connectivity index (χ1) is 11.8. The fourth-order valence-corrected chi connectivity index (χ4v) is 3.42. The molecule has 2 amide bonds. The van der Waals surface area contributed by atoms with E-state index in [2.05, 4.69) is 4.99 Å². The highest BCUT2D eigenvalue weighted by Crippen LogP contribution is 2.40. The van der Waals surface area contributed by atoms with Crippen LogP contribution < -0.4 is 5.32 Å². The molecule has 1 aliphatic heterocycles. The standard InChI is InChI=1S/C17H18F3N3O2/c1-11-21-16(17(18,19)20,15(25)23(11)13-9-5-6-10-13)22-14(24)12-7-3-2-4-8-12/h2-4,7-8,13H,5-6,9-10H2,1H3,(H,22,24). The molecule has 1 aromatic rings. The summed E-state index contributed by atoms with van der Waals surface area (Å²) in [4.78, 5) is 29.7. The third-order valence-electron chi connectivity index (χ3n) is 4.64. The van der Waals surface area contributed by atoms with Crippen molar-refractivity contribution in [2.75, 3.05) is 0 Å². The number of carbonyl (C=O) groups is 2. The number of benzene rings is 1. The highest BCUT2D eigenvalue weighted by molar-refractivity contribution is 6.10. The molecule has 0 spiro atoms. The van der Waals surface area contributed by atoms with E-state index in [1.807, 2.05) is 5.32 Å². The minimum atomic E-state index is -5.04. The summed E-state index contributed by atoms with van der Waals surface area (Å²) in [5.41, 5.74) is -3.22.